The summed E-state index contributed by atoms with van der Waals surface area (Å²) in [6, 6.07) is 0.586. The Kier molecular flexibility index (Phi) is 4.14. The Bertz CT molecular complexity index is 262. The number of hydrogen-bond acceptors (Lipinski definition) is 3. The van der Waals surface area contributed by atoms with E-state index in [1.54, 1.807) is 0 Å². The minimum Gasteiger partial charge on any atom is -0.381 e. The zero-order chi connectivity index (χ0) is 11.4. The first-order chi connectivity index (χ1) is 7.68. The lowest BCUT2D eigenvalue weighted by Crippen LogP contribution is -2.37. The van der Waals surface area contributed by atoms with Gasteiger partial charge in [-0.1, -0.05) is 18.7 Å². The highest BCUT2D eigenvalue weighted by Gasteiger charge is 2.27. The molecule has 0 aliphatic carbocycles. The molecular weight excluding hydrogens is 220 g/mol. The van der Waals surface area contributed by atoms with Crippen LogP contribution in [0.25, 0.3) is 0 Å². The average molecular weight is 242 g/mol. The number of nitrogens with one attached hydrogen (secondary N) is 1. The van der Waals surface area contributed by atoms with Gasteiger partial charge in [0.25, 0.3) is 0 Å². The topological polar surface area (TPSA) is 33.6 Å². The van der Waals surface area contributed by atoms with Crippen LogP contribution in [0.1, 0.15) is 33.1 Å². The third-order valence-electron chi connectivity index (χ3n) is 3.46. The van der Waals surface area contributed by atoms with Crippen molar-refractivity contribution >= 4 is 16.9 Å². The van der Waals surface area contributed by atoms with Crippen LogP contribution in [0.2, 0.25) is 0 Å². The Hall–Kier alpha value is -0.220. The molecule has 0 aromatic heterocycles. The summed E-state index contributed by atoms with van der Waals surface area (Å²) in [5.74, 6) is 1.20. The fourth-order valence-electron chi connectivity index (χ4n) is 2.03. The van der Waals surface area contributed by atoms with Gasteiger partial charge in [0.2, 0.25) is 0 Å². The summed E-state index contributed by atoms with van der Waals surface area (Å²) < 4.78 is 5.40. The molecule has 0 saturated carbocycles. The molecule has 16 heavy (non-hydrogen) atoms. The highest BCUT2D eigenvalue weighted by Crippen LogP contribution is 2.30. The molecule has 1 N–H and O–H groups in total. The van der Waals surface area contributed by atoms with Crippen LogP contribution >= 0.6 is 11.8 Å². The summed E-state index contributed by atoms with van der Waals surface area (Å²) in [6.45, 7) is 7.30. The number of amidine groups is 1. The van der Waals surface area contributed by atoms with Crippen molar-refractivity contribution in [3.63, 3.8) is 0 Å². The van der Waals surface area contributed by atoms with E-state index in [9.17, 15) is 0 Å². The van der Waals surface area contributed by atoms with Gasteiger partial charge >= 0.3 is 0 Å². The summed E-state index contributed by atoms with van der Waals surface area (Å²) in [4.78, 5) is 4.74. The maximum Gasteiger partial charge on any atom is 0.156 e. The number of aliphatic imine (C=N–C) groups is 1. The van der Waals surface area contributed by atoms with E-state index in [0.29, 0.717) is 11.5 Å². The minimum absolute atomic E-state index is 0.355. The van der Waals surface area contributed by atoms with Crippen LogP contribution in [0, 0.1) is 5.41 Å². The number of thioether (sulfide) groups is 1. The lowest BCUT2D eigenvalue weighted by Gasteiger charge is -2.32. The Morgan fingerprint density at radius 3 is 2.94 bits per heavy atom. The summed E-state index contributed by atoms with van der Waals surface area (Å²) in [7, 11) is 0. The van der Waals surface area contributed by atoms with Gasteiger partial charge < -0.3 is 10.1 Å². The van der Waals surface area contributed by atoms with Crippen molar-refractivity contribution in [3.8, 4) is 0 Å². The van der Waals surface area contributed by atoms with Crippen molar-refractivity contribution in [2.75, 3.05) is 25.5 Å². The van der Waals surface area contributed by atoms with Gasteiger partial charge in [0, 0.05) is 31.6 Å². The first kappa shape index (κ1) is 12.2. The van der Waals surface area contributed by atoms with Crippen LogP contribution in [0.5, 0.6) is 0 Å². The fourth-order valence-corrected chi connectivity index (χ4v) is 3.14. The van der Waals surface area contributed by atoms with E-state index >= 15 is 0 Å². The third kappa shape index (κ3) is 3.39. The molecule has 0 bridgehead atoms. The molecule has 0 amide bonds. The van der Waals surface area contributed by atoms with Gasteiger partial charge in [-0.2, -0.15) is 0 Å². The molecule has 2 rings (SSSR count). The molecule has 2 aliphatic rings. The van der Waals surface area contributed by atoms with Crippen molar-refractivity contribution in [1.82, 2.24) is 5.32 Å². The number of hydrogen-bond donors (Lipinski definition) is 1. The average Bonchev–Trinajstić information content (AvgIpc) is 2.28. The van der Waals surface area contributed by atoms with Crippen molar-refractivity contribution in [2.24, 2.45) is 10.4 Å². The van der Waals surface area contributed by atoms with E-state index < -0.39 is 0 Å². The summed E-state index contributed by atoms with van der Waals surface area (Å²) in [5.41, 5.74) is 0.355. The summed E-state index contributed by atoms with van der Waals surface area (Å²) >= 11 is 1.86. The van der Waals surface area contributed by atoms with E-state index in [-0.39, 0.29) is 0 Å². The van der Waals surface area contributed by atoms with Crippen LogP contribution in [0.15, 0.2) is 4.99 Å². The van der Waals surface area contributed by atoms with Gasteiger partial charge in [-0.15, -0.1) is 0 Å². The van der Waals surface area contributed by atoms with E-state index in [4.69, 9.17) is 9.73 Å². The summed E-state index contributed by atoms with van der Waals surface area (Å²) in [6.07, 6.45) is 3.53. The molecule has 0 aromatic rings. The molecule has 2 aliphatic heterocycles. The number of rotatable bonds is 2. The SMILES string of the molecule is CC1CCSC(=NCC2(C)CCOCC2)N1. The van der Waals surface area contributed by atoms with Gasteiger partial charge in [0.05, 0.1) is 0 Å². The predicted molar refractivity (Wildman–Crippen MR) is 70.1 cm³/mol. The van der Waals surface area contributed by atoms with Crippen molar-refractivity contribution in [1.29, 1.82) is 0 Å². The van der Waals surface area contributed by atoms with E-state index in [2.05, 4.69) is 19.2 Å². The predicted octanol–water partition coefficient (Wildman–Crippen LogP) is 2.27. The number of nitrogens with zero attached hydrogens (tertiary/aromatic N) is 1. The van der Waals surface area contributed by atoms with Gasteiger partial charge in [-0.05, 0) is 31.6 Å². The van der Waals surface area contributed by atoms with Crippen LogP contribution < -0.4 is 5.32 Å². The highest BCUT2D eigenvalue weighted by molar-refractivity contribution is 8.13. The first-order valence-electron chi connectivity index (χ1n) is 6.19. The normalized spacial score (nSPS) is 32.4. The maximum absolute atomic E-state index is 5.40. The van der Waals surface area contributed by atoms with Gasteiger partial charge in [-0.25, -0.2) is 0 Å². The monoisotopic (exact) mass is 242 g/mol. The quantitative estimate of drug-likeness (QED) is 0.806. The van der Waals surface area contributed by atoms with Crippen molar-refractivity contribution in [2.45, 2.75) is 39.2 Å². The number of ether oxygens (including phenoxy) is 1. The van der Waals surface area contributed by atoms with Crippen molar-refractivity contribution < 1.29 is 4.74 Å². The lowest BCUT2D eigenvalue weighted by atomic mass is 9.83. The largest absolute Gasteiger partial charge is 0.381 e. The Labute approximate surface area is 102 Å². The second-order valence-corrected chi connectivity index (χ2v) is 6.31. The standard InChI is InChI=1S/C12H22N2OS/c1-10-3-8-16-11(14-10)13-9-12(2)4-6-15-7-5-12/h10H,3-9H2,1-2H3,(H,13,14). The van der Waals surface area contributed by atoms with E-state index in [1.807, 2.05) is 11.8 Å². The summed E-state index contributed by atoms with van der Waals surface area (Å²) in [5, 5.41) is 4.60. The van der Waals surface area contributed by atoms with Gasteiger partial charge in [-0.3, -0.25) is 4.99 Å². The molecule has 2 saturated heterocycles. The molecular formula is C12H22N2OS. The second-order valence-electron chi connectivity index (χ2n) is 5.23. The molecule has 3 nitrogen and oxygen atoms in total. The molecule has 4 heteroatoms. The molecule has 1 unspecified atom stereocenters. The van der Waals surface area contributed by atoms with Crippen LogP contribution in [0.4, 0.5) is 0 Å². The fraction of sp³-hybridized carbons (Fsp3) is 0.917. The highest BCUT2D eigenvalue weighted by atomic mass is 32.2. The molecule has 92 valence electrons. The Morgan fingerprint density at radius 1 is 1.50 bits per heavy atom. The van der Waals surface area contributed by atoms with Crippen LogP contribution in [-0.4, -0.2) is 36.7 Å². The third-order valence-corrected chi connectivity index (χ3v) is 4.42. The van der Waals surface area contributed by atoms with E-state index in [1.165, 1.54) is 12.2 Å². The Morgan fingerprint density at radius 2 is 2.25 bits per heavy atom. The molecule has 1 atom stereocenters. The van der Waals surface area contributed by atoms with Crippen LogP contribution in [0.3, 0.4) is 0 Å². The zero-order valence-electron chi connectivity index (χ0n) is 10.3. The Balaban J connectivity index is 1.86. The van der Waals surface area contributed by atoms with Crippen molar-refractivity contribution in [3.05, 3.63) is 0 Å². The maximum atomic E-state index is 5.40. The molecule has 2 fully saturated rings. The molecule has 0 aromatic carbocycles. The molecule has 0 spiro atoms. The van der Waals surface area contributed by atoms with Crippen LogP contribution in [-0.2, 0) is 4.74 Å². The first-order valence-corrected chi connectivity index (χ1v) is 7.18. The van der Waals surface area contributed by atoms with Gasteiger partial charge in [0.1, 0.15) is 0 Å². The van der Waals surface area contributed by atoms with E-state index in [0.717, 1.165) is 37.8 Å². The molecule has 0 radical (unpaired) electrons. The molecule has 2 heterocycles. The second kappa shape index (κ2) is 5.41. The minimum atomic E-state index is 0.355. The van der Waals surface area contributed by atoms with Gasteiger partial charge in [0.15, 0.2) is 5.17 Å². The smallest absolute Gasteiger partial charge is 0.156 e. The zero-order valence-corrected chi connectivity index (χ0v) is 11.1. The lowest BCUT2D eigenvalue weighted by molar-refractivity contribution is 0.0283.